The summed E-state index contributed by atoms with van der Waals surface area (Å²) < 4.78 is 30.7. The number of ether oxygens (including phenoxy) is 1. The predicted molar refractivity (Wildman–Crippen MR) is 81.7 cm³/mol. The molecule has 0 aliphatic carbocycles. The summed E-state index contributed by atoms with van der Waals surface area (Å²) in [5, 5.41) is 3.47. The van der Waals surface area contributed by atoms with Crippen molar-refractivity contribution in [2.24, 2.45) is 5.92 Å². The Balaban J connectivity index is 2.14. The van der Waals surface area contributed by atoms with Crippen LogP contribution in [-0.2, 0) is 14.8 Å². The average Bonchev–Trinajstić information content (AvgIpc) is 2.34. The van der Waals surface area contributed by atoms with Crippen LogP contribution in [0, 0.1) is 12.8 Å². The molecule has 1 saturated heterocycles. The minimum Gasteiger partial charge on any atom is -0.382 e. The Hall–Kier alpha value is -1.27. The van der Waals surface area contributed by atoms with Crippen LogP contribution in [0.1, 0.15) is 18.9 Å². The molecule has 2 N–H and O–H groups in total. The molecule has 0 saturated carbocycles. The van der Waals surface area contributed by atoms with Gasteiger partial charge in [0.1, 0.15) is 0 Å². The molecule has 2 atom stereocenters. The molecule has 1 fully saturated rings. The molecule has 0 amide bonds. The van der Waals surface area contributed by atoms with Crippen molar-refractivity contribution in [3.05, 3.63) is 23.8 Å². The van der Waals surface area contributed by atoms with Crippen molar-refractivity contribution in [2.45, 2.75) is 26.3 Å². The van der Waals surface area contributed by atoms with Crippen LogP contribution in [0.25, 0.3) is 0 Å². The van der Waals surface area contributed by atoms with Gasteiger partial charge in [0.2, 0.25) is 10.0 Å². The van der Waals surface area contributed by atoms with Gasteiger partial charge in [0.05, 0.1) is 18.6 Å². The molecule has 0 unspecified atom stereocenters. The van der Waals surface area contributed by atoms with Gasteiger partial charge in [0.15, 0.2) is 0 Å². The molecule has 2 rings (SSSR count). The van der Waals surface area contributed by atoms with E-state index >= 15 is 0 Å². The van der Waals surface area contributed by atoms with Crippen LogP contribution < -0.4 is 10.0 Å². The lowest BCUT2D eigenvalue weighted by atomic mass is 9.97. The standard InChI is InChI=1S/C14H22N2O3S/c1-10-4-5-12(8-14(10)16-20(3,17)18)15-13-6-7-19-9-11(13)2/h4-5,8,11,13,15-16H,6-7,9H2,1-3H3/t11-,13+/m1/s1. The summed E-state index contributed by atoms with van der Waals surface area (Å²) in [7, 11) is -3.26. The third-order valence-corrected chi connectivity index (χ3v) is 4.12. The second-order valence-electron chi connectivity index (χ2n) is 5.50. The largest absolute Gasteiger partial charge is 0.382 e. The molecule has 6 heteroatoms. The summed E-state index contributed by atoms with van der Waals surface area (Å²) in [6, 6.07) is 6.10. The third kappa shape index (κ3) is 4.11. The summed E-state index contributed by atoms with van der Waals surface area (Å²) in [6.07, 6.45) is 2.12. The molecule has 1 aliphatic heterocycles. The molecular weight excluding hydrogens is 276 g/mol. The minimum absolute atomic E-state index is 0.359. The monoisotopic (exact) mass is 298 g/mol. The van der Waals surface area contributed by atoms with Crippen molar-refractivity contribution in [1.82, 2.24) is 0 Å². The zero-order chi connectivity index (χ0) is 14.8. The smallest absolute Gasteiger partial charge is 0.229 e. The van der Waals surface area contributed by atoms with Crippen molar-refractivity contribution in [3.8, 4) is 0 Å². The van der Waals surface area contributed by atoms with Crippen LogP contribution in [-0.4, -0.2) is 33.9 Å². The first-order valence-electron chi connectivity index (χ1n) is 6.78. The van der Waals surface area contributed by atoms with E-state index in [4.69, 9.17) is 4.74 Å². The van der Waals surface area contributed by atoms with Gasteiger partial charge in [0.25, 0.3) is 0 Å². The molecule has 0 spiro atoms. The fourth-order valence-corrected chi connectivity index (χ4v) is 2.95. The van der Waals surface area contributed by atoms with Gasteiger partial charge in [-0.05, 0) is 37.0 Å². The Bertz CT molecular complexity index is 572. The van der Waals surface area contributed by atoms with E-state index in [1.54, 1.807) is 0 Å². The highest BCUT2D eigenvalue weighted by molar-refractivity contribution is 7.92. The zero-order valence-corrected chi connectivity index (χ0v) is 13.0. The number of nitrogens with one attached hydrogen (secondary N) is 2. The second-order valence-corrected chi connectivity index (χ2v) is 7.24. The van der Waals surface area contributed by atoms with Crippen LogP contribution in [0.15, 0.2) is 18.2 Å². The van der Waals surface area contributed by atoms with E-state index in [1.807, 2.05) is 25.1 Å². The Morgan fingerprint density at radius 2 is 2.10 bits per heavy atom. The van der Waals surface area contributed by atoms with E-state index in [9.17, 15) is 8.42 Å². The van der Waals surface area contributed by atoms with Gasteiger partial charge in [-0.3, -0.25) is 4.72 Å². The maximum absolute atomic E-state index is 11.4. The summed E-state index contributed by atoms with van der Waals surface area (Å²) in [5.41, 5.74) is 2.46. The number of sulfonamides is 1. The zero-order valence-electron chi connectivity index (χ0n) is 12.1. The number of rotatable bonds is 4. The molecule has 1 aliphatic rings. The first-order chi connectivity index (χ1) is 9.35. The number of hydrogen-bond donors (Lipinski definition) is 2. The van der Waals surface area contributed by atoms with Gasteiger partial charge in [-0.25, -0.2) is 8.42 Å². The highest BCUT2D eigenvalue weighted by Crippen LogP contribution is 2.24. The summed E-state index contributed by atoms with van der Waals surface area (Å²) in [5.74, 6) is 0.441. The van der Waals surface area contributed by atoms with Gasteiger partial charge in [-0.1, -0.05) is 13.0 Å². The maximum atomic E-state index is 11.4. The maximum Gasteiger partial charge on any atom is 0.229 e. The lowest BCUT2D eigenvalue weighted by Gasteiger charge is -2.30. The quantitative estimate of drug-likeness (QED) is 0.894. The average molecular weight is 298 g/mol. The normalized spacial score (nSPS) is 23.4. The molecule has 0 aromatic heterocycles. The van der Waals surface area contributed by atoms with Crippen LogP contribution in [0.2, 0.25) is 0 Å². The van der Waals surface area contributed by atoms with Crippen molar-refractivity contribution >= 4 is 21.4 Å². The molecule has 1 heterocycles. The van der Waals surface area contributed by atoms with E-state index in [2.05, 4.69) is 17.0 Å². The summed E-state index contributed by atoms with van der Waals surface area (Å²) in [4.78, 5) is 0. The lowest BCUT2D eigenvalue weighted by molar-refractivity contribution is 0.0538. The van der Waals surface area contributed by atoms with E-state index in [0.717, 1.165) is 37.1 Å². The Morgan fingerprint density at radius 3 is 2.75 bits per heavy atom. The molecule has 0 radical (unpaired) electrons. The molecule has 1 aromatic rings. The van der Waals surface area contributed by atoms with Gasteiger partial charge in [0, 0.05) is 18.3 Å². The molecule has 1 aromatic carbocycles. The first-order valence-corrected chi connectivity index (χ1v) is 8.67. The SMILES string of the molecule is Cc1ccc(N[C@H]2CCOC[C@H]2C)cc1NS(C)(=O)=O. The van der Waals surface area contributed by atoms with Gasteiger partial charge < -0.3 is 10.1 Å². The fraction of sp³-hybridized carbons (Fsp3) is 0.571. The molecular formula is C14H22N2O3S. The van der Waals surface area contributed by atoms with E-state index in [0.29, 0.717) is 17.6 Å². The highest BCUT2D eigenvalue weighted by atomic mass is 32.2. The highest BCUT2D eigenvalue weighted by Gasteiger charge is 2.21. The number of hydrogen-bond acceptors (Lipinski definition) is 4. The Labute approximate surface area is 120 Å². The van der Waals surface area contributed by atoms with Crippen LogP contribution in [0.5, 0.6) is 0 Å². The number of anilines is 2. The fourth-order valence-electron chi connectivity index (χ4n) is 2.33. The number of benzene rings is 1. The number of aryl methyl sites for hydroxylation is 1. The van der Waals surface area contributed by atoms with Crippen molar-refractivity contribution < 1.29 is 13.2 Å². The summed E-state index contributed by atoms with van der Waals surface area (Å²) in [6.45, 7) is 5.56. The topological polar surface area (TPSA) is 67.4 Å². The van der Waals surface area contributed by atoms with E-state index in [1.165, 1.54) is 0 Å². The first kappa shape index (κ1) is 15.1. The van der Waals surface area contributed by atoms with Crippen molar-refractivity contribution in [3.63, 3.8) is 0 Å². The van der Waals surface area contributed by atoms with Crippen LogP contribution >= 0.6 is 0 Å². The van der Waals surface area contributed by atoms with Gasteiger partial charge >= 0.3 is 0 Å². The van der Waals surface area contributed by atoms with Crippen LogP contribution in [0.3, 0.4) is 0 Å². The lowest BCUT2D eigenvalue weighted by Crippen LogP contribution is -2.35. The molecule has 20 heavy (non-hydrogen) atoms. The molecule has 0 bridgehead atoms. The van der Waals surface area contributed by atoms with Crippen molar-refractivity contribution in [1.29, 1.82) is 0 Å². The molecule has 5 nitrogen and oxygen atoms in total. The predicted octanol–water partition coefficient (Wildman–Crippen LogP) is 2.20. The Kier molecular flexibility index (Phi) is 4.55. The minimum atomic E-state index is -3.26. The van der Waals surface area contributed by atoms with Crippen molar-refractivity contribution in [2.75, 3.05) is 29.5 Å². The van der Waals surface area contributed by atoms with E-state index < -0.39 is 10.0 Å². The third-order valence-electron chi connectivity index (χ3n) is 3.53. The van der Waals surface area contributed by atoms with Gasteiger partial charge in [-0.15, -0.1) is 0 Å². The molecule has 112 valence electrons. The van der Waals surface area contributed by atoms with E-state index in [-0.39, 0.29) is 0 Å². The second kappa shape index (κ2) is 6.01. The van der Waals surface area contributed by atoms with Gasteiger partial charge in [-0.2, -0.15) is 0 Å². The van der Waals surface area contributed by atoms with Crippen LogP contribution in [0.4, 0.5) is 11.4 Å². The summed E-state index contributed by atoms with van der Waals surface area (Å²) >= 11 is 0. The Morgan fingerprint density at radius 1 is 1.35 bits per heavy atom.